The van der Waals surface area contributed by atoms with E-state index in [1.54, 1.807) is 0 Å². The third kappa shape index (κ3) is 2.99. The van der Waals surface area contributed by atoms with Crippen molar-refractivity contribution in [1.29, 1.82) is 0 Å². The maximum atomic E-state index is 10.8. The summed E-state index contributed by atoms with van der Waals surface area (Å²) in [6.07, 6.45) is 4.20. The van der Waals surface area contributed by atoms with Gasteiger partial charge in [-0.15, -0.1) is 0 Å². The van der Waals surface area contributed by atoms with Crippen LogP contribution in [0.4, 0.5) is 0 Å². The number of carboxylic acids is 1. The Labute approximate surface area is 104 Å². The molecular formula is C13H24N2O2. The molecule has 0 aromatic carbocycles. The van der Waals surface area contributed by atoms with E-state index in [-0.39, 0.29) is 12.5 Å². The smallest absolute Gasteiger partial charge is 0.304 e. The first-order chi connectivity index (χ1) is 8.08. The Balaban J connectivity index is 1.96. The second-order valence-corrected chi connectivity index (χ2v) is 5.64. The third-order valence-electron chi connectivity index (χ3n) is 4.27. The van der Waals surface area contributed by atoms with Crippen LogP contribution in [0.5, 0.6) is 0 Å². The summed E-state index contributed by atoms with van der Waals surface area (Å²) < 4.78 is 0. The maximum absolute atomic E-state index is 10.8. The zero-order chi connectivity index (χ0) is 12.4. The number of carboxylic acid groups (broad SMARTS) is 1. The zero-order valence-corrected chi connectivity index (χ0v) is 10.9. The summed E-state index contributed by atoms with van der Waals surface area (Å²) in [6.45, 7) is 7.66. The molecule has 2 fully saturated rings. The van der Waals surface area contributed by atoms with Gasteiger partial charge in [0.25, 0.3) is 0 Å². The van der Waals surface area contributed by atoms with E-state index in [0.717, 1.165) is 13.1 Å². The average Bonchev–Trinajstić information content (AvgIpc) is 2.27. The van der Waals surface area contributed by atoms with E-state index in [9.17, 15) is 4.79 Å². The predicted molar refractivity (Wildman–Crippen MR) is 67.1 cm³/mol. The lowest BCUT2D eigenvalue weighted by Crippen LogP contribution is -2.60. The summed E-state index contributed by atoms with van der Waals surface area (Å²) >= 11 is 0. The quantitative estimate of drug-likeness (QED) is 0.810. The molecule has 3 atom stereocenters. The van der Waals surface area contributed by atoms with Gasteiger partial charge in [0.1, 0.15) is 0 Å². The van der Waals surface area contributed by atoms with E-state index < -0.39 is 5.97 Å². The van der Waals surface area contributed by atoms with Crippen molar-refractivity contribution in [3.05, 3.63) is 0 Å². The van der Waals surface area contributed by atoms with Crippen molar-refractivity contribution >= 4 is 5.97 Å². The Morgan fingerprint density at radius 1 is 1.41 bits per heavy atom. The van der Waals surface area contributed by atoms with Crippen molar-refractivity contribution in [2.45, 2.75) is 57.7 Å². The number of rotatable bonds is 3. The fourth-order valence-electron chi connectivity index (χ4n) is 3.36. The van der Waals surface area contributed by atoms with Gasteiger partial charge in [-0.05, 0) is 33.2 Å². The molecule has 0 radical (unpaired) electrons. The molecule has 2 rings (SSSR count). The van der Waals surface area contributed by atoms with Gasteiger partial charge in [0.15, 0.2) is 0 Å². The van der Waals surface area contributed by atoms with Crippen LogP contribution in [0.1, 0.15) is 39.5 Å². The first-order valence-corrected chi connectivity index (χ1v) is 6.79. The van der Waals surface area contributed by atoms with Crippen LogP contribution in [-0.2, 0) is 4.79 Å². The van der Waals surface area contributed by atoms with Gasteiger partial charge in [-0.2, -0.15) is 0 Å². The number of nitrogens with zero attached hydrogens (tertiary/aromatic N) is 2. The van der Waals surface area contributed by atoms with Gasteiger partial charge < -0.3 is 5.11 Å². The molecule has 98 valence electrons. The van der Waals surface area contributed by atoms with E-state index in [4.69, 9.17) is 5.11 Å². The largest absolute Gasteiger partial charge is 0.481 e. The van der Waals surface area contributed by atoms with Gasteiger partial charge in [-0.25, -0.2) is 0 Å². The summed E-state index contributed by atoms with van der Waals surface area (Å²) in [7, 11) is 0. The normalized spacial score (nSPS) is 33.1. The van der Waals surface area contributed by atoms with Gasteiger partial charge in [-0.1, -0.05) is 6.42 Å². The molecule has 17 heavy (non-hydrogen) atoms. The Bertz CT molecular complexity index is 283. The molecular weight excluding hydrogens is 216 g/mol. The standard InChI is InChI=1S/C13H24N2O2/c1-10(7-13(16)17)15-9-12-5-3-4-6-14(12)8-11(15)2/h10-12H,3-9H2,1-2H3,(H,16,17). The van der Waals surface area contributed by atoms with Gasteiger partial charge in [-0.3, -0.25) is 14.6 Å². The maximum Gasteiger partial charge on any atom is 0.304 e. The predicted octanol–water partition coefficient (Wildman–Crippen LogP) is 1.41. The van der Waals surface area contributed by atoms with E-state index in [2.05, 4.69) is 16.7 Å². The van der Waals surface area contributed by atoms with E-state index in [1.807, 2.05) is 6.92 Å². The Morgan fingerprint density at radius 3 is 2.88 bits per heavy atom. The molecule has 2 saturated heterocycles. The summed E-state index contributed by atoms with van der Waals surface area (Å²) in [5.41, 5.74) is 0. The molecule has 4 nitrogen and oxygen atoms in total. The van der Waals surface area contributed by atoms with Crippen LogP contribution in [0, 0.1) is 0 Å². The molecule has 0 amide bonds. The first kappa shape index (κ1) is 12.8. The van der Waals surface area contributed by atoms with Crippen LogP contribution >= 0.6 is 0 Å². The van der Waals surface area contributed by atoms with Gasteiger partial charge in [0.2, 0.25) is 0 Å². The molecule has 0 aliphatic carbocycles. The molecule has 2 aliphatic rings. The number of hydrogen-bond donors (Lipinski definition) is 1. The van der Waals surface area contributed by atoms with Crippen LogP contribution in [0.3, 0.4) is 0 Å². The second kappa shape index (κ2) is 5.36. The molecule has 0 bridgehead atoms. The number of aliphatic carboxylic acids is 1. The number of piperidine rings is 1. The Hall–Kier alpha value is -0.610. The topological polar surface area (TPSA) is 43.8 Å². The minimum Gasteiger partial charge on any atom is -0.481 e. The van der Waals surface area contributed by atoms with Crippen molar-refractivity contribution in [1.82, 2.24) is 9.80 Å². The van der Waals surface area contributed by atoms with E-state index >= 15 is 0 Å². The summed E-state index contributed by atoms with van der Waals surface area (Å²) in [5, 5.41) is 8.90. The number of fused-ring (bicyclic) bond motifs is 1. The third-order valence-corrected chi connectivity index (χ3v) is 4.27. The molecule has 4 heteroatoms. The number of hydrogen-bond acceptors (Lipinski definition) is 3. The van der Waals surface area contributed by atoms with E-state index in [1.165, 1.54) is 25.8 Å². The van der Waals surface area contributed by atoms with Crippen molar-refractivity contribution in [3.63, 3.8) is 0 Å². The highest BCUT2D eigenvalue weighted by molar-refractivity contribution is 5.67. The molecule has 0 aromatic heterocycles. The van der Waals surface area contributed by atoms with Crippen LogP contribution in [0.15, 0.2) is 0 Å². The van der Waals surface area contributed by atoms with Crippen LogP contribution in [-0.4, -0.2) is 58.6 Å². The minimum atomic E-state index is -0.684. The van der Waals surface area contributed by atoms with Crippen molar-refractivity contribution in [2.24, 2.45) is 0 Å². The molecule has 0 spiro atoms. The average molecular weight is 240 g/mol. The molecule has 2 aliphatic heterocycles. The zero-order valence-electron chi connectivity index (χ0n) is 10.9. The fraction of sp³-hybridized carbons (Fsp3) is 0.923. The van der Waals surface area contributed by atoms with Crippen LogP contribution in [0.25, 0.3) is 0 Å². The summed E-state index contributed by atoms with van der Waals surface area (Å²) in [4.78, 5) is 15.8. The van der Waals surface area contributed by atoms with Crippen molar-refractivity contribution in [3.8, 4) is 0 Å². The SMILES string of the molecule is CC(CC(=O)O)N1CC2CCCCN2CC1C. The van der Waals surface area contributed by atoms with Gasteiger partial charge in [0, 0.05) is 31.2 Å². The van der Waals surface area contributed by atoms with Crippen LogP contribution < -0.4 is 0 Å². The highest BCUT2D eigenvalue weighted by atomic mass is 16.4. The van der Waals surface area contributed by atoms with E-state index in [0.29, 0.717) is 12.1 Å². The minimum absolute atomic E-state index is 0.159. The summed E-state index contributed by atoms with van der Waals surface area (Å²) in [5.74, 6) is -0.684. The molecule has 0 saturated carbocycles. The highest BCUT2D eigenvalue weighted by Gasteiger charge is 2.35. The fourth-order valence-corrected chi connectivity index (χ4v) is 3.36. The Kier molecular flexibility index (Phi) is 4.05. The highest BCUT2D eigenvalue weighted by Crippen LogP contribution is 2.25. The van der Waals surface area contributed by atoms with Crippen molar-refractivity contribution in [2.75, 3.05) is 19.6 Å². The lowest BCUT2D eigenvalue weighted by molar-refractivity contribution is -0.139. The van der Waals surface area contributed by atoms with Gasteiger partial charge >= 0.3 is 5.97 Å². The van der Waals surface area contributed by atoms with Gasteiger partial charge in [0.05, 0.1) is 6.42 Å². The molecule has 0 aromatic rings. The number of carbonyl (C=O) groups is 1. The monoisotopic (exact) mass is 240 g/mol. The molecule has 1 N–H and O–H groups in total. The summed E-state index contributed by atoms with van der Waals surface area (Å²) in [6, 6.07) is 1.31. The Morgan fingerprint density at radius 2 is 2.18 bits per heavy atom. The second-order valence-electron chi connectivity index (χ2n) is 5.64. The lowest BCUT2D eigenvalue weighted by atomic mass is 9.95. The number of piperazine rings is 1. The molecule has 3 unspecified atom stereocenters. The van der Waals surface area contributed by atoms with Crippen molar-refractivity contribution < 1.29 is 9.90 Å². The first-order valence-electron chi connectivity index (χ1n) is 6.79. The lowest BCUT2D eigenvalue weighted by Gasteiger charge is -2.49. The van der Waals surface area contributed by atoms with Crippen LogP contribution in [0.2, 0.25) is 0 Å². The molecule has 2 heterocycles.